The van der Waals surface area contributed by atoms with Gasteiger partial charge in [0, 0.05) is 47.6 Å². The number of benzene rings is 2. The Labute approximate surface area is 220 Å². The molecule has 5 heterocycles. The third kappa shape index (κ3) is 3.11. The molecule has 0 bridgehead atoms. The van der Waals surface area contributed by atoms with Crippen molar-refractivity contribution in [2.24, 2.45) is 0 Å². The summed E-state index contributed by atoms with van der Waals surface area (Å²) < 4.78 is 31.0. The number of amides is 2. The van der Waals surface area contributed by atoms with Crippen LogP contribution < -0.4 is 10.4 Å². The van der Waals surface area contributed by atoms with Gasteiger partial charge in [-0.2, -0.15) is 0 Å². The lowest BCUT2D eigenvalue weighted by atomic mass is 9.92. The van der Waals surface area contributed by atoms with E-state index in [4.69, 9.17) is 0 Å². The fourth-order valence-electron chi connectivity index (χ4n) is 6.25. The van der Waals surface area contributed by atoms with Crippen molar-refractivity contribution in [2.45, 2.75) is 41.7 Å². The summed E-state index contributed by atoms with van der Waals surface area (Å²) in [6.07, 6.45) is 1.79. The van der Waals surface area contributed by atoms with Crippen molar-refractivity contribution >= 4 is 23.6 Å². The Morgan fingerprint density at radius 3 is 2.63 bits per heavy atom. The lowest BCUT2D eigenvalue weighted by Gasteiger charge is -2.53. The smallest absolute Gasteiger partial charge is 0.278 e. The number of fused-ring (bicyclic) bond motifs is 5. The third-order valence-corrected chi connectivity index (χ3v) is 9.09. The molecule has 1 aromatic heterocycles. The van der Waals surface area contributed by atoms with E-state index in [0.29, 0.717) is 12.1 Å². The van der Waals surface area contributed by atoms with E-state index < -0.39 is 40.9 Å². The zero-order chi connectivity index (χ0) is 26.3. The second kappa shape index (κ2) is 8.32. The fourth-order valence-corrected chi connectivity index (χ4v) is 7.37. The molecule has 0 saturated carbocycles. The first-order valence-electron chi connectivity index (χ1n) is 12.4. The molecule has 2 unspecified atom stereocenters. The SMILES string of the molecule is O=C1C2N(CC3CCCN13)C(=O)c1c(O)c(=O)ccn1N2[C@@H]1c2ccccc2SCc2c1ccc(F)c2F. The van der Waals surface area contributed by atoms with Crippen molar-refractivity contribution in [3.05, 3.63) is 92.9 Å². The zero-order valence-electron chi connectivity index (χ0n) is 20.0. The standard InChI is InChI=1S/C27H22F2N4O4S/c28-18-8-7-15-17(21(18)29)13-38-20-6-2-1-5-16(20)22(15)33-25-27(37)30-10-3-4-14(30)12-31(25)26(36)23-24(35)19(34)9-11-32(23)33/h1-2,5-9,11,14,22,25,35H,3-4,10,12-13H2/t14?,22-,25?/m0/s1. The van der Waals surface area contributed by atoms with Crippen molar-refractivity contribution < 1.29 is 23.5 Å². The van der Waals surface area contributed by atoms with E-state index in [1.165, 1.54) is 33.6 Å². The highest BCUT2D eigenvalue weighted by Crippen LogP contribution is 2.46. The molecule has 3 atom stereocenters. The van der Waals surface area contributed by atoms with Crippen LogP contribution in [0.2, 0.25) is 0 Å². The lowest BCUT2D eigenvalue weighted by molar-refractivity contribution is -0.143. The molecule has 2 amide bonds. The van der Waals surface area contributed by atoms with Crippen LogP contribution in [0.3, 0.4) is 0 Å². The molecule has 1 N–H and O–H groups in total. The summed E-state index contributed by atoms with van der Waals surface area (Å²) >= 11 is 1.36. The molecule has 7 rings (SSSR count). The number of thioether (sulfide) groups is 1. The van der Waals surface area contributed by atoms with E-state index in [-0.39, 0.29) is 35.5 Å². The topological polar surface area (TPSA) is 86.1 Å². The number of rotatable bonds is 1. The first kappa shape index (κ1) is 23.3. The van der Waals surface area contributed by atoms with E-state index in [9.17, 15) is 23.9 Å². The summed E-state index contributed by atoms with van der Waals surface area (Å²) in [6.45, 7) is 0.799. The molecular formula is C27H22F2N4O4S. The van der Waals surface area contributed by atoms with Crippen LogP contribution in [0.1, 0.15) is 46.1 Å². The highest BCUT2D eigenvalue weighted by molar-refractivity contribution is 7.98. The largest absolute Gasteiger partial charge is 0.502 e. The Bertz CT molecular complexity index is 1590. The highest BCUT2D eigenvalue weighted by Gasteiger charge is 2.53. The molecule has 11 heteroatoms. The Hall–Kier alpha value is -3.86. The predicted octanol–water partition coefficient (Wildman–Crippen LogP) is 2.95. The van der Waals surface area contributed by atoms with E-state index in [1.807, 2.05) is 24.3 Å². The van der Waals surface area contributed by atoms with Crippen molar-refractivity contribution in [3.8, 4) is 5.75 Å². The van der Waals surface area contributed by atoms with Gasteiger partial charge in [-0.3, -0.25) is 24.1 Å². The molecule has 0 aliphatic carbocycles. The van der Waals surface area contributed by atoms with Gasteiger partial charge in [-0.25, -0.2) is 8.78 Å². The second-order valence-electron chi connectivity index (χ2n) is 9.92. The Balaban J connectivity index is 1.54. The number of pyridine rings is 1. The number of piperazine rings is 1. The summed E-state index contributed by atoms with van der Waals surface area (Å²) in [4.78, 5) is 44.2. The van der Waals surface area contributed by atoms with E-state index in [0.717, 1.165) is 35.4 Å². The average molecular weight is 537 g/mol. The number of halogens is 2. The minimum atomic E-state index is -1.12. The lowest BCUT2D eigenvalue weighted by Crippen LogP contribution is -2.72. The van der Waals surface area contributed by atoms with Gasteiger partial charge in [-0.05, 0) is 36.1 Å². The minimum absolute atomic E-state index is 0.161. The molecule has 0 spiro atoms. The van der Waals surface area contributed by atoms with Crippen LogP contribution in [-0.4, -0.2) is 56.7 Å². The fraction of sp³-hybridized carbons (Fsp3) is 0.296. The normalized spacial score (nSPS) is 23.8. The molecule has 2 fully saturated rings. The molecular weight excluding hydrogens is 514 g/mol. The number of nitrogens with zero attached hydrogens (tertiary/aromatic N) is 4. The average Bonchev–Trinajstić information content (AvgIpc) is 3.33. The van der Waals surface area contributed by atoms with Crippen molar-refractivity contribution in [1.29, 1.82) is 0 Å². The molecule has 4 aliphatic rings. The molecule has 38 heavy (non-hydrogen) atoms. The van der Waals surface area contributed by atoms with Gasteiger partial charge in [-0.1, -0.05) is 24.3 Å². The van der Waals surface area contributed by atoms with Gasteiger partial charge in [-0.15, -0.1) is 11.8 Å². The Morgan fingerprint density at radius 2 is 1.79 bits per heavy atom. The molecule has 0 radical (unpaired) electrons. The van der Waals surface area contributed by atoms with Crippen LogP contribution in [0.4, 0.5) is 8.78 Å². The first-order valence-corrected chi connectivity index (χ1v) is 13.4. The molecule has 3 aromatic rings. The first-order chi connectivity index (χ1) is 18.4. The van der Waals surface area contributed by atoms with E-state index >= 15 is 4.39 Å². The maximum Gasteiger partial charge on any atom is 0.278 e. The number of carbonyl (C=O) groups excluding carboxylic acids is 2. The van der Waals surface area contributed by atoms with E-state index in [1.54, 1.807) is 9.91 Å². The van der Waals surface area contributed by atoms with Crippen LogP contribution in [0.15, 0.2) is 58.4 Å². The third-order valence-electron chi connectivity index (χ3n) is 7.98. The maximum absolute atomic E-state index is 15.3. The maximum atomic E-state index is 15.3. The number of hydrogen-bond acceptors (Lipinski definition) is 6. The summed E-state index contributed by atoms with van der Waals surface area (Å²) in [5.74, 6) is -3.39. The molecule has 2 saturated heterocycles. The monoisotopic (exact) mass is 536 g/mol. The number of hydrogen-bond donors (Lipinski definition) is 1. The summed E-state index contributed by atoms with van der Waals surface area (Å²) in [5, 5.41) is 12.4. The van der Waals surface area contributed by atoms with E-state index in [2.05, 4.69) is 0 Å². The van der Waals surface area contributed by atoms with Crippen LogP contribution >= 0.6 is 11.8 Å². The molecule has 194 valence electrons. The summed E-state index contributed by atoms with van der Waals surface area (Å²) in [6, 6.07) is 10.1. The van der Waals surface area contributed by atoms with Crippen LogP contribution in [0, 0.1) is 11.6 Å². The van der Waals surface area contributed by atoms with Crippen molar-refractivity contribution in [2.75, 3.05) is 18.1 Å². The second-order valence-corrected chi connectivity index (χ2v) is 10.9. The van der Waals surface area contributed by atoms with Gasteiger partial charge in [0.15, 0.2) is 29.2 Å². The van der Waals surface area contributed by atoms with Gasteiger partial charge in [0.1, 0.15) is 0 Å². The molecule has 2 aromatic carbocycles. The summed E-state index contributed by atoms with van der Waals surface area (Å²) in [5.41, 5.74) is 0.354. The molecule has 4 aliphatic heterocycles. The van der Waals surface area contributed by atoms with Crippen LogP contribution in [0.5, 0.6) is 5.75 Å². The predicted molar refractivity (Wildman–Crippen MR) is 134 cm³/mol. The van der Waals surface area contributed by atoms with Gasteiger partial charge >= 0.3 is 0 Å². The molecule has 8 nitrogen and oxygen atoms in total. The van der Waals surface area contributed by atoms with Crippen LogP contribution in [-0.2, 0) is 10.5 Å². The van der Waals surface area contributed by atoms with Crippen LogP contribution in [0.25, 0.3) is 0 Å². The van der Waals surface area contributed by atoms with Crippen molar-refractivity contribution in [1.82, 2.24) is 14.5 Å². The van der Waals surface area contributed by atoms with Gasteiger partial charge in [0.2, 0.25) is 5.43 Å². The summed E-state index contributed by atoms with van der Waals surface area (Å²) in [7, 11) is 0. The quantitative estimate of drug-likeness (QED) is 0.515. The Kier molecular flexibility index (Phi) is 5.10. The van der Waals surface area contributed by atoms with Crippen molar-refractivity contribution in [3.63, 3.8) is 0 Å². The number of aromatic nitrogens is 1. The Morgan fingerprint density at radius 1 is 0.974 bits per heavy atom. The number of aromatic hydroxyl groups is 1. The number of carbonyl (C=O) groups is 2. The van der Waals surface area contributed by atoms with Gasteiger partial charge in [0.25, 0.3) is 11.8 Å². The van der Waals surface area contributed by atoms with Gasteiger partial charge < -0.3 is 14.9 Å². The van der Waals surface area contributed by atoms with Gasteiger partial charge in [0.05, 0.1) is 6.04 Å². The zero-order valence-corrected chi connectivity index (χ0v) is 20.8. The minimum Gasteiger partial charge on any atom is -0.502 e. The highest BCUT2D eigenvalue weighted by atomic mass is 32.2.